The van der Waals surface area contributed by atoms with E-state index in [4.69, 9.17) is 35.3 Å². The van der Waals surface area contributed by atoms with E-state index in [1.54, 1.807) is 27.7 Å². The Balaban J connectivity index is 1.64. The number of ketones is 2. The monoisotopic (exact) mass is 480 g/mol. The number of rotatable bonds is 5. The van der Waals surface area contributed by atoms with E-state index in [0.717, 1.165) is 0 Å². The summed E-state index contributed by atoms with van der Waals surface area (Å²) in [5.41, 5.74) is 0.327. The van der Waals surface area contributed by atoms with E-state index in [2.05, 4.69) is 10.3 Å². The number of hydrogen-bond donors (Lipinski definition) is 1. The molecule has 0 bridgehead atoms. The van der Waals surface area contributed by atoms with Crippen molar-refractivity contribution in [1.82, 2.24) is 10.3 Å². The lowest BCUT2D eigenvalue weighted by molar-refractivity contribution is -0.226. The third-order valence-corrected chi connectivity index (χ3v) is 6.23. The fourth-order valence-electron chi connectivity index (χ4n) is 4.51. The number of aryl methyl sites for hydroxylation is 2. The number of aromatic nitrogens is 1. The molecule has 0 amide bonds. The van der Waals surface area contributed by atoms with Crippen LogP contribution in [0.3, 0.4) is 0 Å². The van der Waals surface area contributed by atoms with Crippen molar-refractivity contribution in [2.75, 3.05) is 20.8 Å². The third-order valence-electron chi connectivity index (χ3n) is 5.87. The summed E-state index contributed by atoms with van der Waals surface area (Å²) in [5, 5.41) is 2.61. The van der Waals surface area contributed by atoms with E-state index in [0.29, 0.717) is 5.69 Å². The molecule has 0 unspecified atom stereocenters. The summed E-state index contributed by atoms with van der Waals surface area (Å²) in [6.07, 6.45) is -2.07. The van der Waals surface area contributed by atoms with Gasteiger partial charge in [-0.05, 0) is 27.7 Å². The van der Waals surface area contributed by atoms with Crippen LogP contribution in [0, 0.1) is 13.8 Å². The highest BCUT2D eigenvalue weighted by molar-refractivity contribution is 6.50. The first-order valence-corrected chi connectivity index (χ1v) is 10.7. The first kappa shape index (κ1) is 23.8. The molecule has 1 aliphatic carbocycles. The van der Waals surface area contributed by atoms with Crippen LogP contribution in [-0.2, 0) is 23.7 Å². The molecule has 178 valence electrons. The lowest BCUT2D eigenvalue weighted by Crippen LogP contribution is -2.40. The average Bonchev–Trinajstić information content (AvgIpc) is 3.23. The van der Waals surface area contributed by atoms with Crippen LogP contribution < -0.4 is 5.32 Å². The molecule has 2 saturated heterocycles. The van der Waals surface area contributed by atoms with Gasteiger partial charge in [-0.2, -0.15) is 0 Å². The molecule has 0 saturated carbocycles. The van der Waals surface area contributed by atoms with Gasteiger partial charge in [0, 0.05) is 19.3 Å². The Morgan fingerprint density at radius 1 is 1.09 bits per heavy atom. The minimum absolute atomic E-state index is 0.0134. The maximum Gasteiger partial charge on any atom is 0.340 e. The average molecular weight is 481 g/mol. The number of fused-ring (bicyclic) bond motifs is 2. The van der Waals surface area contributed by atoms with E-state index in [9.17, 15) is 14.4 Å². The zero-order valence-corrected chi connectivity index (χ0v) is 19.9. The van der Waals surface area contributed by atoms with Gasteiger partial charge in [-0.1, -0.05) is 11.6 Å². The number of ether oxygens (including phenoxy) is 5. The highest BCUT2D eigenvalue weighted by Gasteiger charge is 2.55. The van der Waals surface area contributed by atoms with Gasteiger partial charge >= 0.3 is 5.97 Å². The van der Waals surface area contributed by atoms with E-state index in [1.807, 2.05) is 0 Å². The first-order chi connectivity index (χ1) is 15.5. The molecule has 0 aromatic carbocycles. The number of carbonyl (C=O) groups is 3. The molecule has 2 fully saturated rings. The van der Waals surface area contributed by atoms with E-state index in [1.165, 1.54) is 14.2 Å². The van der Waals surface area contributed by atoms with Crippen molar-refractivity contribution < 1.29 is 38.1 Å². The van der Waals surface area contributed by atoms with E-state index in [-0.39, 0.29) is 39.7 Å². The Morgan fingerprint density at radius 3 is 2.39 bits per heavy atom. The molecule has 2 aliphatic heterocycles. The Kier molecular flexibility index (Phi) is 6.08. The smallest absolute Gasteiger partial charge is 0.340 e. The molecule has 4 atom stereocenters. The van der Waals surface area contributed by atoms with E-state index < -0.39 is 47.9 Å². The molecular formula is C22H25ClN2O8. The van der Waals surface area contributed by atoms with Gasteiger partial charge in [0.05, 0.1) is 29.5 Å². The van der Waals surface area contributed by atoms with Crippen LogP contribution in [0.25, 0.3) is 0 Å². The second-order valence-electron chi connectivity index (χ2n) is 8.47. The molecule has 1 aromatic rings. The Morgan fingerprint density at radius 2 is 1.76 bits per heavy atom. The molecule has 0 radical (unpaired) electrons. The van der Waals surface area contributed by atoms with Crippen molar-refractivity contribution in [3.05, 3.63) is 38.8 Å². The summed E-state index contributed by atoms with van der Waals surface area (Å²) >= 11 is 6.33. The highest BCUT2D eigenvalue weighted by atomic mass is 35.5. The van der Waals surface area contributed by atoms with Gasteiger partial charge in [-0.15, -0.1) is 0 Å². The van der Waals surface area contributed by atoms with Crippen LogP contribution in [0.4, 0.5) is 0 Å². The summed E-state index contributed by atoms with van der Waals surface area (Å²) in [5.74, 6) is -2.79. The van der Waals surface area contributed by atoms with Gasteiger partial charge in [0.1, 0.15) is 29.0 Å². The number of hydrogen-bond acceptors (Lipinski definition) is 10. The van der Waals surface area contributed by atoms with E-state index >= 15 is 0 Å². The maximum atomic E-state index is 13.4. The summed E-state index contributed by atoms with van der Waals surface area (Å²) in [7, 11) is 2.69. The van der Waals surface area contributed by atoms with Gasteiger partial charge in [0.2, 0.25) is 11.6 Å². The van der Waals surface area contributed by atoms with Gasteiger partial charge in [-0.25, -0.2) is 4.79 Å². The molecule has 4 rings (SSSR count). The zero-order valence-electron chi connectivity index (χ0n) is 19.1. The number of nitrogens with one attached hydrogen (secondary N) is 1. The number of halogens is 1. The maximum absolute atomic E-state index is 13.4. The quantitative estimate of drug-likeness (QED) is 0.624. The lowest BCUT2D eigenvalue weighted by Gasteiger charge is -2.26. The first-order valence-electron chi connectivity index (χ1n) is 10.4. The molecule has 11 heteroatoms. The zero-order chi connectivity index (χ0) is 24.2. The van der Waals surface area contributed by atoms with Gasteiger partial charge < -0.3 is 29.0 Å². The number of pyridine rings is 1. The van der Waals surface area contributed by atoms with Gasteiger partial charge in [-0.3, -0.25) is 14.6 Å². The molecular weight excluding hydrogens is 456 g/mol. The number of methoxy groups -OCH3 is 2. The summed E-state index contributed by atoms with van der Waals surface area (Å²) in [6.45, 7) is 6.84. The number of esters is 1. The van der Waals surface area contributed by atoms with Crippen molar-refractivity contribution in [1.29, 1.82) is 0 Å². The predicted octanol–water partition coefficient (Wildman–Crippen LogP) is 1.80. The van der Waals surface area contributed by atoms with Crippen molar-refractivity contribution >= 4 is 29.1 Å². The number of Topliss-reactive ketones (excluding diaryl/α,β-unsaturated/α-hetero) is 2. The Hall–Kier alpha value is -2.37. The van der Waals surface area contributed by atoms with Crippen LogP contribution in [0.5, 0.6) is 0 Å². The van der Waals surface area contributed by atoms with Crippen LogP contribution in [0.1, 0.15) is 56.3 Å². The van der Waals surface area contributed by atoms with Crippen LogP contribution in [-0.4, -0.2) is 73.7 Å². The second kappa shape index (κ2) is 8.44. The van der Waals surface area contributed by atoms with Crippen molar-refractivity contribution in [3.8, 4) is 0 Å². The van der Waals surface area contributed by atoms with Gasteiger partial charge in [0.25, 0.3) is 0 Å². The van der Waals surface area contributed by atoms with Crippen molar-refractivity contribution in [3.63, 3.8) is 0 Å². The SMILES string of the molecule is COC(=O)c1c(C)nc(C)c2c1C(=O)C(Cl)=C(NC[C@H]1O[C@@H](OC)[C@@H]3OC(C)(C)O[C@@H]31)C2=O. The molecule has 33 heavy (non-hydrogen) atoms. The number of allylic oxidation sites excluding steroid dienone is 2. The summed E-state index contributed by atoms with van der Waals surface area (Å²) < 4.78 is 27.8. The Bertz CT molecular complexity index is 1080. The van der Waals surface area contributed by atoms with Crippen LogP contribution in [0.15, 0.2) is 10.7 Å². The van der Waals surface area contributed by atoms with Crippen molar-refractivity contribution in [2.24, 2.45) is 0 Å². The highest BCUT2D eigenvalue weighted by Crippen LogP contribution is 2.39. The summed E-state index contributed by atoms with van der Waals surface area (Å²) in [4.78, 5) is 43.1. The van der Waals surface area contributed by atoms with Gasteiger partial charge in [0.15, 0.2) is 12.1 Å². The fourth-order valence-corrected chi connectivity index (χ4v) is 4.76. The summed E-state index contributed by atoms with van der Waals surface area (Å²) in [6, 6.07) is 0. The number of nitrogens with zero attached hydrogens (tertiary/aromatic N) is 1. The second-order valence-corrected chi connectivity index (χ2v) is 8.85. The fraction of sp³-hybridized carbons (Fsp3) is 0.545. The Labute approximate surface area is 195 Å². The molecule has 0 spiro atoms. The van der Waals surface area contributed by atoms with Crippen LogP contribution >= 0.6 is 11.6 Å². The molecule has 1 aromatic heterocycles. The largest absolute Gasteiger partial charge is 0.465 e. The molecule has 1 N–H and O–H groups in total. The lowest BCUT2D eigenvalue weighted by atomic mass is 9.87. The van der Waals surface area contributed by atoms with Crippen LogP contribution in [0.2, 0.25) is 0 Å². The molecule has 3 aliphatic rings. The molecule has 3 heterocycles. The number of carbonyl (C=O) groups excluding carboxylic acids is 3. The van der Waals surface area contributed by atoms with Crippen molar-refractivity contribution in [2.45, 2.75) is 58.1 Å². The normalized spacial score (nSPS) is 28.1. The topological polar surface area (TPSA) is 122 Å². The molecule has 10 nitrogen and oxygen atoms in total. The minimum atomic E-state index is -0.814. The third kappa shape index (κ3) is 3.85. The predicted molar refractivity (Wildman–Crippen MR) is 114 cm³/mol. The minimum Gasteiger partial charge on any atom is -0.465 e. The standard InChI is InChI=1S/C22H25ClN2O8/c1-8-11-13(12(9(2)25-8)20(28)29-5)16(26)14(23)15(17(11)27)24-7-10-18-19(21(30-6)31-10)33-22(3,4)32-18/h10,18-19,21,24H,7H2,1-6H3/t10-,18-,19-,21-/m1/s1.